The summed E-state index contributed by atoms with van der Waals surface area (Å²) in [5, 5.41) is 8.22. The number of para-hydroxylation sites is 1. The van der Waals surface area contributed by atoms with Gasteiger partial charge in [0.05, 0.1) is 12.1 Å². The normalized spacial score (nSPS) is 15.2. The van der Waals surface area contributed by atoms with Crippen LogP contribution in [-0.4, -0.2) is 60.0 Å². The fourth-order valence-corrected chi connectivity index (χ4v) is 4.15. The quantitative estimate of drug-likeness (QED) is 0.677. The Morgan fingerprint density at radius 3 is 2.66 bits per heavy atom. The molecule has 1 aliphatic heterocycles. The highest BCUT2D eigenvalue weighted by atomic mass is 32.1. The number of carbonyl (C=O) groups is 1. The van der Waals surface area contributed by atoms with E-state index in [2.05, 4.69) is 51.9 Å². The molecule has 0 radical (unpaired) electrons. The number of nitrogens with one attached hydrogen (secondary N) is 1. The van der Waals surface area contributed by atoms with Gasteiger partial charge in [0.15, 0.2) is 5.82 Å². The fourth-order valence-electron chi connectivity index (χ4n) is 3.52. The smallest absolute Gasteiger partial charge is 0.234 e. The van der Waals surface area contributed by atoms with E-state index in [1.165, 1.54) is 0 Å². The molecule has 0 saturated carbocycles. The number of hydrogen-bond donors (Lipinski definition) is 1. The van der Waals surface area contributed by atoms with E-state index in [1.807, 2.05) is 18.2 Å². The van der Waals surface area contributed by atoms with Crippen LogP contribution in [0.2, 0.25) is 0 Å². The molecule has 3 heterocycles. The van der Waals surface area contributed by atoms with E-state index in [1.54, 1.807) is 11.3 Å². The van der Waals surface area contributed by atoms with Crippen LogP contribution in [0.25, 0.3) is 22.3 Å². The second-order valence-electron chi connectivity index (χ2n) is 7.86. The first-order valence-corrected chi connectivity index (χ1v) is 11.1. The number of fused-ring (bicyclic) bond motifs is 1. The maximum atomic E-state index is 12.1. The summed E-state index contributed by atoms with van der Waals surface area (Å²) >= 11 is 1.65. The molecule has 29 heavy (non-hydrogen) atoms. The minimum Gasteiger partial charge on any atom is -0.355 e. The lowest BCUT2D eigenvalue weighted by atomic mass is 10.2. The van der Waals surface area contributed by atoms with Crippen molar-refractivity contribution in [2.75, 3.05) is 44.2 Å². The molecule has 1 aromatic carbocycles. The van der Waals surface area contributed by atoms with Gasteiger partial charge in [-0.1, -0.05) is 26.0 Å². The number of amides is 1. The minimum absolute atomic E-state index is 0.111. The van der Waals surface area contributed by atoms with Crippen LogP contribution in [0.1, 0.15) is 13.8 Å². The topological polar surface area (TPSA) is 61.4 Å². The highest BCUT2D eigenvalue weighted by molar-refractivity contribution is 7.08. The van der Waals surface area contributed by atoms with E-state index >= 15 is 0 Å². The number of thiophene rings is 1. The van der Waals surface area contributed by atoms with Crippen LogP contribution in [0.3, 0.4) is 0 Å². The SMILES string of the molecule is CC(C)CNC(=O)CN1CCN(c2nc(-c3ccsc3)nc3ccccc23)CC1. The average molecular weight is 410 g/mol. The third-order valence-electron chi connectivity index (χ3n) is 5.11. The molecule has 0 spiro atoms. The fraction of sp³-hybridized carbons (Fsp3) is 0.409. The molecule has 7 heteroatoms. The number of piperazine rings is 1. The van der Waals surface area contributed by atoms with Gasteiger partial charge in [-0.05, 0) is 29.5 Å². The van der Waals surface area contributed by atoms with E-state index in [9.17, 15) is 4.79 Å². The Morgan fingerprint density at radius 2 is 1.93 bits per heavy atom. The summed E-state index contributed by atoms with van der Waals surface area (Å²) in [5.41, 5.74) is 2.02. The molecule has 4 rings (SSSR count). The predicted octanol–water partition coefficient (Wildman–Crippen LogP) is 3.25. The van der Waals surface area contributed by atoms with Crippen LogP contribution < -0.4 is 10.2 Å². The lowest BCUT2D eigenvalue weighted by Gasteiger charge is -2.35. The summed E-state index contributed by atoms with van der Waals surface area (Å²) < 4.78 is 0. The van der Waals surface area contributed by atoms with Gasteiger partial charge in [-0.2, -0.15) is 11.3 Å². The molecule has 0 atom stereocenters. The van der Waals surface area contributed by atoms with Crippen molar-refractivity contribution in [1.82, 2.24) is 20.2 Å². The van der Waals surface area contributed by atoms with E-state index in [-0.39, 0.29) is 5.91 Å². The standard InChI is InChI=1S/C22H27N5OS/c1-16(2)13-23-20(28)14-26-8-10-27(11-9-26)22-18-5-3-4-6-19(18)24-21(25-22)17-7-12-29-15-17/h3-7,12,15-16H,8-11,13-14H2,1-2H3,(H,23,28). The Morgan fingerprint density at radius 1 is 1.14 bits per heavy atom. The van der Waals surface area contributed by atoms with Crippen molar-refractivity contribution in [2.45, 2.75) is 13.8 Å². The largest absolute Gasteiger partial charge is 0.355 e. The van der Waals surface area contributed by atoms with Crippen LogP contribution in [0.15, 0.2) is 41.1 Å². The minimum atomic E-state index is 0.111. The lowest BCUT2D eigenvalue weighted by molar-refractivity contribution is -0.122. The molecular weight excluding hydrogens is 382 g/mol. The Balaban J connectivity index is 1.49. The van der Waals surface area contributed by atoms with Gasteiger partial charge < -0.3 is 10.2 Å². The lowest BCUT2D eigenvalue weighted by Crippen LogP contribution is -2.50. The Kier molecular flexibility index (Phi) is 6.06. The molecule has 0 aliphatic carbocycles. The van der Waals surface area contributed by atoms with E-state index in [0.29, 0.717) is 12.5 Å². The Hall–Kier alpha value is -2.51. The number of benzene rings is 1. The van der Waals surface area contributed by atoms with E-state index in [0.717, 1.165) is 60.8 Å². The van der Waals surface area contributed by atoms with Crippen LogP contribution in [0.4, 0.5) is 5.82 Å². The van der Waals surface area contributed by atoms with Crippen molar-refractivity contribution >= 4 is 34.0 Å². The molecule has 1 N–H and O–H groups in total. The zero-order valence-electron chi connectivity index (χ0n) is 17.0. The van der Waals surface area contributed by atoms with Gasteiger partial charge >= 0.3 is 0 Å². The van der Waals surface area contributed by atoms with Crippen LogP contribution in [-0.2, 0) is 4.79 Å². The number of anilines is 1. The third kappa shape index (κ3) is 4.74. The molecule has 2 aromatic heterocycles. The van der Waals surface area contributed by atoms with Gasteiger partial charge in [0.25, 0.3) is 0 Å². The van der Waals surface area contributed by atoms with Crippen LogP contribution in [0.5, 0.6) is 0 Å². The van der Waals surface area contributed by atoms with Crippen molar-refractivity contribution in [3.63, 3.8) is 0 Å². The monoisotopic (exact) mass is 409 g/mol. The van der Waals surface area contributed by atoms with Gasteiger partial charge in [-0.25, -0.2) is 9.97 Å². The number of nitrogens with zero attached hydrogens (tertiary/aromatic N) is 4. The van der Waals surface area contributed by atoms with Gasteiger partial charge in [-0.15, -0.1) is 0 Å². The molecule has 1 fully saturated rings. The second kappa shape index (κ2) is 8.88. The summed E-state index contributed by atoms with van der Waals surface area (Å²) in [7, 11) is 0. The molecule has 0 unspecified atom stereocenters. The summed E-state index contributed by atoms with van der Waals surface area (Å²) in [6.45, 7) is 8.80. The number of aromatic nitrogens is 2. The summed E-state index contributed by atoms with van der Waals surface area (Å²) in [6, 6.07) is 10.3. The number of carbonyl (C=O) groups excluding carboxylic acids is 1. The van der Waals surface area contributed by atoms with Crippen molar-refractivity contribution in [2.24, 2.45) is 5.92 Å². The maximum absolute atomic E-state index is 12.1. The van der Waals surface area contributed by atoms with E-state index < -0.39 is 0 Å². The van der Waals surface area contributed by atoms with E-state index in [4.69, 9.17) is 9.97 Å². The summed E-state index contributed by atoms with van der Waals surface area (Å²) in [4.78, 5) is 26.4. The summed E-state index contributed by atoms with van der Waals surface area (Å²) in [5.74, 6) is 2.34. The molecular formula is C22H27N5OS. The number of hydrogen-bond acceptors (Lipinski definition) is 6. The first-order chi connectivity index (χ1) is 14.1. The molecule has 1 saturated heterocycles. The average Bonchev–Trinajstić information content (AvgIpc) is 3.27. The van der Waals surface area contributed by atoms with Crippen molar-refractivity contribution in [3.05, 3.63) is 41.1 Å². The predicted molar refractivity (Wildman–Crippen MR) is 119 cm³/mol. The molecule has 152 valence electrons. The molecule has 1 aliphatic rings. The third-order valence-corrected chi connectivity index (χ3v) is 5.79. The Labute approximate surface area is 175 Å². The van der Waals surface area contributed by atoms with Crippen molar-refractivity contribution < 1.29 is 4.79 Å². The Bertz CT molecular complexity index is 965. The second-order valence-corrected chi connectivity index (χ2v) is 8.64. The van der Waals surface area contributed by atoms with Crippen LogP contribution >= 0.6 is 11.3 Å². The maximum Gasteiger partial charge on any atom is 0.234 e. The highest BCUT2D eigenvalue weighted by Gasteiger charge is 2.22. The van der Waals surface area contributed by atoms with Crippen LogP contribution in [0, 0.1) is 5.92 Å². The summed E-state index contributed by atoms with van der Waals surface area (Å²) in [6.07, 6.45) is 0. The first-order valence-electron chi connectivity index (χ1n) is 10.1. The highest BCUT2D eigenvalue weighted by Crippen LogP contribution is 2.29. The zero-order valence-corrected chi connectivity index (χ0v) is 17.8. The van der Waals surface area contributed by atoms with Gasteiger partial charge in [-0.3, -0.25) is 9.69 Å². The number of rotatable bonds is 6. The van der Waals surface area contributed by atoms with Gasteiger partial charge in [0.1, 0.15) is 5.82 Å². The first kappa shape index (κ1) is 19.8. The molecule has 1 amide bonds. The molecule has 3 aromatic rings. The van der Waals surface area contributed by atoms with Crippen molar-refractivity contribution in [1.29, 1.82) is 0 Å². The molecule has 0 bridgehead atoms. The molecule has 6 nitrogen and oxygen atoms in total. The van der Waals surface area contributed by atoms with Crippen molar-refractivity contribution in [3.8, 4) is 11.4 Å². The zero-order chi connectivity index (χ0) is 20.2. The van der Waals surface area contributed by atoms with Gasteiger partial charge in [0, 0.05) is 49.1 Å². The van der Waals surface area contributed by atoms with Gasteiger partial charge in [0.2, 0.25) is 5.91 Å².